The minimum atomic E-state index is 0.116. The Bertz CT molecular complexity index is 562. The molecule has 0 aliphatic carbocycles. The summed E-state index contributed by atoms with van der Waals surface area (Å²) < 4.78 is 0. The van der Waals surface area contributed by atoms with Crippen LogP contribution in [0.4, 0.5) is 5.69 Å². The summed E-state index contributed by atoms with van der Waals surface area (Å²) in [6, 6.07) is 9.53. The molecule has 0 atom stereocenters. The molecule has 0 aliphatic heterocycles. The maximum atomic E-state index is 8.99. The summed E-state index contributed by atoms with van der Waals surface area (Å²) in [5, 5.41) is 29.6. The first-order valence-corrected chi connectivity index (χ1v) is 5.37. The number of rotatable bonds is 4. The Morgan fingerprint density at radius 3 is 2.88 bits per heavy atom. The Morgan fingerprint density at radius 2 is 2.12 bits per heavy atom. The number of hydrogen-bond acceptors (Lipinski definition) is 5. The second-order valence-electron chi connectivity index (χ2n) is 3.56. The number of anilines is 1. The number of nitrogens with zero attached hydrogens (tertiary/aromatic N) is 3. The van der Waals surface area contributed by atoms with Gasteiger partial charge in [-0.05, 0) is 12.5 Å². The Hall–Kier alpha value is -2.19. The Labute approximate surface area is 98.7 Å². The highest BCUT2D eigenvalue weighted by atomic mass is 16.3. The van der Waals surface area contributed by atoms with E-state index in [4.69, 9.17) is 10.4 Å². The van der Waals surface area contributed by atoms with Gasteiger partial charge >= 0.3 is 0 Å². The van der Waals surface area contributed by atoms with E-state index >= 15 is 0 Å². The molecular weight excluding hydrogens is 216 g/mol. The van der Waals surface area contributed by atoms with Crippen LogP contribution in [0.1, 0.15) is 12.1 Å². The van der Waals surface area contributed by atoms with Gasteiger partial charge in [-0.1, -0.05) is 18.2 Å². The van der Waals surface area contributed by atoms with Crippen LogP contribution in [-0.4, -0.2) is 28.5 Å². The number of aromatic nitrogens is 2. The average Bonchev–Trinajstić information content (AvgIpc) is 2.39. The molecule has 0 radical (unpaired) electrons. The maximum absolute atomic E-state index is 8.99. The van der Waals surface area contributed by atoms with Crippen LogP contribution in [0.15, 0.2) is 24.3 Å². The summed E-state index contributed by atoms with van der Waals surface area (Å²) in [5.41, 5.74) is 1.71. The average molecular weight is 228 g/mol. The lowest BCUT2D eigenvalue weighted by atomic mass is 10.1. The molecule has 0 saturated heterocycles. The van der Waals surface area contributed by atoms with Gasteiger partial charge in [-0.3, -0.25) is 0 Å². The molecule has 1 aromatic carbocycles. The molecule has 86 valence electrons. The van der Waals surface area contributed by atoms with Crippen molar-refractivity contribution in [2.45, 2.75) is 6.42 Å². The number of benzene rings is 1. The Morgan fingerprint density at radius 1 is 1.29 bits per heavy atom. The van der Waals surface area contributed by atoms with Gasteiger partial charge in [-0.15, -0.1) is 10.2 Å². The van der Waals surface area contributed by atoms with E-state index in [2.05, 4.69) is 15.5 Å². The van der Waals surface area contributed by atoms with Crippen LogP contribution in [0.2, 0.25) is 0 Å². The number of hydrogen-bond donors (Lipinski definition) is 2. The van der Waals surface area contributed by atoms with Crippen molar-refractivity contribution in [1.29, 1.82) is 5.26 Å². The zero-order chi connectivity index (χ0) is 12.1. The molecule has 0 bridgehead atoms. The van der Waals surface area contributed by atoms with E-state index in [1.807, 2.05) is 30.3 Å². The zero-order valence-electron chi connectivity index (χ0n) is 9.22. The number of nitriles is 1. The summed E-state index contributed by atoms with van der Waals surface area (Å²) in [6.45, 7) is 0.714. The summed E-state index contributed by atoms with van der Waals surface area (Å²) in [5.74, 6) is 0. The molecule has 2 N–H and O–H groups in total. The molecule has 1 aromatic heterocycles. The van der Waals surface area contributed by atoms with Crippen LogP contribution >= 0.6 is 0 Å². The topological polar surface area (TPSA) is 81.8 Å². The van der Waals surface area contributed by atoms with Gasteiger partial charge in [0.1, 0.15) is 6.07 Å². The van der Waals surface area contributed by atoms with Crippen LogP contribution in [0.25, 0.3) is 10.9 Å². The van der Waals surface area contributed by atoms with E-state index in [0.717, 1.165) is 10.9 Å². The smallest absolute Gasteiger partial charge is 0.186 e. The van der Waals surface area contributed by atoms with Gasteiger partial charge in [-0.25, -0.2) is 0 Å². The summed E-state index contributed by atoms with van der Waals surface area (Å²) in [4.78, 5) is 0. The number of aliphatic hydroxyl groups excluding tert-OH is 1. The highest BCUT2D eigenvalue weighted by molar-refractivity contribution is 5.92. The largest absolute Gasteiger partial charge is 0.396 e. The van der Waals surface area contributed by atoms with Crippen molar-refractivity contribution < 1.29 is 5.11 Å². The van der Waals surface area contributed by atoms with Crippen molar-refractivity contribution in [2.24, 2.45) is 0 Å². The van der Waals surface area contributed by atoms with Gasteiger partial charge in [0.05, 0.1) is 11.2 Å². The SMILES string of the molecule is N#Cc1nnc2ccccc2c1NCCCO. The molecule has 0 unspecified atom stereocenters. The molecule has 0 amide bonds. The molecule has 17 heavy (non-hydrogen) atoms. The van der Waals surface area contributed by atoms with Gasteiger partial charge in [-0.2, -0.15) is 5.26 Å². The first-order valence-electron chi connectivity index (χ1n) is 5.37. The van der Waals surface area contributed by atoms with E-state index < -0.39 is 0 Å². The quantitative estimate of drug-likeness (QED) is 0.771. The van der Waals surface area contributed by atoms with E-state index in [1.165, 1.54) is 0 Å². The Balaban J connectivity index is 2.45. The number of aliphatic hydroxyl groups is 1. The number of fused-ring (bicyclic) bond motifs is 1. The third-order valence-electron chi connectivity index (χ3n) is 2.41. The lowest BCUT2D eigenvalue weighted by Crippen LogP contribution is -2.07. The van der Waals surface area contributed by atoms with E-state index in [9.17, 15) is 0 Å². The highest BCUT2D eigenvalue weighted by Crippen LogP contribution is 2.23. The minimum Gasteiger partial charge on any atom is -0.396 e. The van der Waals surface area contributed by atoms with E-state index in [-0.39, 0.29) is 12.3 Å². The monoisotopic (exact) mass is 228 g/mol. The maximum Gasteiger partial charge on any atom is 0.186 e. The fraction of sp³-hybridized carbons (Fsp3) is 0.250. The predicted molar refractivity (Wildman–Crippen MR) is 64.4 cm³/mol. The number of nitrogens with one attached hydrogen (secondary N) is 1. The predicted octanol–water partition coefficient (Wildman–Crippen LogP) is 1.30. The third-order valence-corrected chi connectivity index (χ3v) is 2.41. The molecule has 5 heteroatoms. The summed E-state index contributed by atoms with van der Waals surface area (Å²) >= 11 is 0. The van der Waals surface area contributed by atoms with Crippen LogP contribution in [0.5, 0.6) is 0 Å². The molecule has 1 heterocycles. The van der Waals surface area contributed by atoms with Crippen molar-refractivity contribution in [1.82, 2.24) is 10.2 Å². The van der Waals surface area contributed by atoms with Gasteiger partial charge in [0.25, 0.3) is 0 Å². The van der Waals surface area contributed by atoms with Crippen LogP contribution in [-0.2, 0) is 0 Å². The van der Waals surface area contributed by atoms with Crippen LogP contribution < -0.4 is 5.32 Å². The lowest BCUT2D eigenvalue weighted by Gasteiger charge is -2.09. The molecule has 0 aliphatic rings. The molecule has 2 rings (SSSR count). The van der Waals surface area contributed by atoms with Crippen LogP contribution in [0.3, 0.4) is 0 Å². The fourth-order valence-corrected chi connectivity index (χ4v) is 1.60. The van der Waals surface area contributed by atoms with Crippen molar-refractivity contribution in [3.63, 3.8) is 0 Å². The lowest BCUT2D eigenvalue weighted by molar-refractivity contribution is 0.292. The first-order chi connectivity index (χ1) is 8.36. The van der Waals surface area contributed by atoms with Gasteiger partial charge in [0.2, 0.25) is 0 Å². The van der Waals surface area contributed by atoms with E-state index in [0.29, 0.717) is 18.7 Å². The summed E-state index contributed by atoms with van der Waals surface area (Å²) in [7, 11) is 0. The van der Waals surface area contributed by atoms with Gasteiger partial charge in [0.15, 0.2) is 5.69 Å². The molecule has 5 nitrogen and oxygen atoms in total. The fourth-order valence-electron chi connectivity index (χ4n) is 1.60. The molecule has 0 fully saturated rings. The normalized spacial score (nSPS) is 10.1. The van der Waals surface area contributed by atoms with Crippen molar-refractivity contribution in [3.05, 3.63) is 30.0 Å². The summed E-state index contributed by atoms with van der Waals surface area (Å²) in [6.07, 6.45) is 0.627. The van der Waals surface area contributed by atoms with E-state index in [1.54, 1.807) is 0 Å². The zero-order valence-corrected chi connectivity index (χ0v) is 9.22. The highest BCUT2D eigenvalue weighted by Gasteiger charge is 2.08. The van der Waals surface area contributed by atoms with Gasteiger partial charge in [0, 0.05) is 18.5 Å². The Kier molecular flexibility index (Phi) is 3.48. The minimum absolute atomic E-state index is 0.116. The van der Waals surface area contributed by atoms with Crippen molar-refractivity contribution >= 4 is 16.6 Å². The van der Waals surface area contributed by atoms with Gasteiger partial charge < -0.3 is 10.4 Å². The third kappa shape index (κ3) is 2.32. The molecule has 0 saturated carbocycles. The van der Waals surface area contributed by atoms with Crippen molar-refractivity contribution in [2.75, 3.05) is 18.5 Å². The first kappa shape index (κ1) is 11.3. The molecule has 0 spiro atoms. The second-order valence-corrected chi connectivity index (χ2v) is 3.56. The van der Waals surface area contributed by atoms with Crippen LogP contribution in [0, 0.1) is 11.3 Å². The second kappa shape index (κ2) is 5.23. The molecular formula is C12H12N4O. The molecule has 2 aromatic rings. The standard InChI is InChI=1S/C12H12N4O/c13-8-11-12(14-6-3-7-17)9-4-1-2-5-10(9)15-16-11/h1-2,4-5,17H,3,6-7H2,(H,14,15). The van der Waals surface area contributed by atoms with Crippen molar-refractivity contribution in [3.8, 4) is 6.07 Å².